The van der Waals surface area contributed by atoms with Gasteiger partial charge in [-0.2, -0.15) is 18.3 Å². The molecule has 0 spiro atoms. The van der Waals surface area contributed by atoms with E-state index in [2.05, 4.69) is 17.9 Å². The van der Waals surface area contributed by atoms with Gasteiger partial charge in [-0.3, -0.25) is 19.2 Å². The van der Waals surface area contributed by atoms with Gasteiger partial charge < -0.3 is 0 Å². The van der Waals surface area contributed by atoms with Gasteiger partial charge in [-0.25, -0.2) is 0 Å². The molecular weight excluding hydrogens is 487 g/mol. The summed E-state index contributed by atoms with van der Waals surface area (Å²) in [6, 6.07) is 8.92. The topological polar surface area (TPSA) is 55.2 Å². The quantitative estimate of drug-likeness (QED) is 0.295. The number of alkyl halides is 3. The van der Waals surface area contributed by atoms with Gasteiger partial charge in [0.15, 0.2) is 0 Å². The van der Waals surface area contributed by atoms with Gasteiger partial charge in [0.25, 0.3) is 11.1 Å². The van der Waals surface area contributed by atoms with Crippen molar-refractivity contribution in [3.05, 3.63) is 69.2 Å². The number of benzene rings is 2. The molecule has 0 saturated carbocycles. The maximum Gasteiger partial charge on any atom is 0.416 e. The molecule has 0 atom stereocenters. The molecule has 3 aromatic rings. The van der Waals surface area contributed by atoms with E-state index in [9.17, 15) is 22.8 Å². The maximum atomic E-state index is 13.4. The Labute approximate surface area is 203 Å². The van der Waals surface area contributed by atoms with Crippen molar-refractivity contribution in [1.82, 2.24) is 14.7 Å². The number of nitrogens with zero attached hydrogens (tertiary/aromatic N) is 3. The van der Waals surface area contributed by atoms with E-state index in [0.717, 1.165) is 17.8 Å². The van der Waals surface area contributed by atoms with E-state index in [1.807, 2.05) is 6.92 Å². The second-order valence-electron chi connectivity index (χ2n) is 7.25. The molecule has 2 amide bonds. The molecule has 10 heteroatoms. The molecule has 176 valence electrons. The minimum Gasteiger partial charge on any atom is -0.268 e. The summed E-state index contributed by atoms with van der Waals surface area (Å²) in [6.07, 6.45) is 7.34. The Kier molecular flexibility index (Phi) is 7.75. The molecule has 0 bridgehead atoms. The molecule has 1 aliphatic rings. The molecule has 2 heterocycles. The van der Waals surface area contributed by atoms with Crippen molar-refractivity contribution in [2.24, 2.45) is 0 Å². The van der Waals surface area contributed by atoms with Gasteiger partial charge in [0.05, 0.1) is 28.7 Å². The number of hydrogen-bond donors (Lipinski definition) is 0. The molecule has 0 N–H and O–H groups in total. The second-order valence-corrected chi connectivity index (χ2v) is 8.68. The van der Waals surface area contributed by atoms with Crippen LogP contribution in [0.4, 0.5) is 18.0 Å². The number of imide groups is 1. The van der Waals surface area contributed by atoms with E-state index < -0.39 is 11.7 Å². The van der Waals surface area contributed by atoms with E-state index in [4.69, 9.17) is 11.6 Å². The Bertz CT molecular complexity index is 1300. The molecule has 0 aliphatic carbocycles. The Morgan fingerprint density at radius 2 is 1.88 bits per heavy atom. The minimum atomic E-state index is -4.53. The van der Waals surface area contributed by atoms with Crippen molar-refractivity contribution in [2.75, 3.05) is 6.54 Å². The number of halogens is 4. The lowest BCUT2D eigenvalue weighted by Gasteiger charge is -2.14. The van der Waals surface area contributed by atoms with Gasteiger partial charge in [0.2, 0.25) is 0 Å². The van der Waals surface area contributed by atoms with E-state index in [1.165, 1.54) is 21.7 Å². The number of carbonyl (C=O) groups is 2. The van der Waals surface area contributed by atoms with Gasteiger partial charge in [-0.15, -0.1) is 12.8 Å². The first-order valence-corrected chi connectivity index (χ1v) is 11.3. The standard InChI is InChI=1S/C22H17ClF3N3O2S.C2H2/c1-2-7-28-20(30)19(32-21(28)31)9-13-3-6-18-15(8-13)11-27-29(18)12-14-4-5-16(23)10-17(14)22(24,25)26;1-2/h3-6,8-11H,2,7,12H2,1H3;1-2H/b19-9-;. The number of terminal acetylenes is 1. The average molecular weight is 506 g/mol. The van der Waals surface area contributed by atoms with Crippen LogP contribution in [0.2, 0.25) is 5.02 Å². The summed E-state index contributed by atoms with van der Waals surface area (Å²) in [4.78, 5) is 26.0. The zero-order chi connectivity index (χ0) is 25.0. The minimum absolute atomic E-state index is 0.0133. The summed E-state index contributed by atoms with van der Waals surface area (Å²) in [6.45, 7) is 2.18. The van der Waals surface area contributed by atoms with Crippen LogP contribution >= 0.6 is 23.4 Å². The maximum absolute atomic E-state index is 13.4. The number of fused-ring (bicyclic) bond motifs is 1. The molecule has 1 aliphatic heterocycles. The zero-order valence-electron chi connectivity index (χ0n) is 18.0. The molecule has 0 radical (unpaired) electrons. The van der Waals surface area contributed by atoms with Crippen molar-refractivity contribution >= 4 is 51.5 Å². The largest absolute Gasteiger partial charge is 0.416 e. The lowest BCUT2D eigenvalue weighted by molar-refractivity contribution is -0.138. The fourth-order valence-electron chi connectivity index (χ4n) is 3.50. The summed E-state index contributed by atoms with van der Waals surface area (Å²) in [5.41, 5.74) is 0.597. The molecule has 1 saturated heterocycles. The Morgan fingerprint density at radius 1 is 1.15 bits per heavy atom. The van der Waals surface area contributed by atoms with Gasteiger partial charge in [0, 0.05) is 17.0 Å². The normalized spacial score (nSPS) is 15.1. The molecule has 1 fully saturated rings. The zero-order valence-corrected chi connectivity index (χ0v) is 19.5. The number of aromatic nitrogens is 2. The predicted octanol–water partition coefficient (Wildman–Crippen LogP) is 6.45. The van der Waals surface area contributed by atoms with Crippen molar-refractivity contribution < 1.29 is 22.8 Å². The van der Waals surface area contributed by atoms with E-state index in [0.29, 0.717) is 34.3 Å². The first-order chi connectivity index (χ1) is 16.2. The Balaban J connectivity index is 0.00000158. The lowest BCUT2D eigenvalue weighted by atomic mass is 10.1. The second kappa shape index (κ2) is 10.4. The number of thioether (sulfide) groups is 1. The van der Waals surface area contributed by atoms with Crippen LogP contribution in [0.25, 0.3) is 17.0 Å². The van der Waals surface area contributed by atoms with Gasteiger partial charge in [-0.05, 0) is 59.7 Å². The van der Waals surface area contributed by atoms with E-state index in [-0.39, 0.29) is 28.3 Å². The van der Waals surface area contributed by atoms with Crippen LogP contribution in [0.1, 0.15) is 30.0 Å². The van der Waals surface area contributed by atoms with E-state index in [1.54, 1.807) is 30.5 Å². The molecule has 2 aromatic carbocycles. The van der Waals surface area contributed by atoms with Crippen molar-refractivity contribution in [3.63, 3.8) is 0 Å². The highest BCUT2D eigenvalue weighted by atomic mass is 35.5. The van der Waals surface area contributed by atoms with Crippen LogP contribution in [0.15, 0.2) is 47.5 Å². The fourth-order valence-corrected chi connectivity index (χ4v) is 4.54. The highest BCUT2D eigenvalue weighted by Crippen LogP contribution is 2.35. The Morgan fingerprint density at radius 3 is 2.56 bits per heavy atom. The number of rotatable bonds is 5. The number of amides is 2. The molecule has 0 unspecified atom stereocenters. The lowest BCUT2D eigenvalue weighted by Crippen LogP contribution is -2.28. The number of hydrogen-bond acceptors (Lipinski definition) is 4. The molecule has 4 rings (SSSR count). The first kappa shape index (κ1) is 25.4. The highest BCUT2D eigenvalue weighted by molar-refractivity contribution is 8.18. The van der Waals surface area contributed by atoms with Gasteiger partial charge in [-0.1, -0.05) is 30.7 Å². The molecule has 34 heavy (non-hydrogen) atoms. The average Bonchev–Trinajstić information content (AvgIpc) is 3.31. The third kappa shape index (κ3) is 5.29. The smallest absolute Gasteiger partial charge is 0.268 e. The number of carbonyl (C=O) groups excluding carboxylic acids is 2. The third-order valence-electron chi connectivity index (χ3n) is 4.98. The summed E-state index contributed by atoms with van der Waals surface area (Å²) in [5, 5.41) is 4.66. The third-order valence-corrected chi connectivity index (χ3v) is 6.12. The van der Waals surface area contributed by atoms with Crippen molar-refractivity contribution in [2.45, 2.75) is 26.1 Å². The first-order valence-electron chi connectivity index (χ1n) is 10.1. The van der Waals surface area contributed by atoms with Crippen LogP contribution in [0.5, 0.6) is 0 Å². The van der Waals surface area contributed by atoms with Crippen LogP contribution in [0, 0.1) is 12.8 Å². The summed E-state index contributed by atoms with van der Waals surface area (Å²) >= 11 is 6.65. The van der Waals surface area contributed by atoms with Crippen molar-refractivity contribution in [3.8, 4) is 12.8 Å². The monoisotopic (exact) mass is 505 g/mol. The van der Waals surface area contributed by atoms with E-state index >= 15 is 0 Å². The van der Waals surface area contributed by atoms with Crippen LogP contribution in [-0.4, -0.2) is 32.4 Å². The van der Waals surface area contributed by atoms with Gasteiger partial charge in [0.1, 0.15) is 0 Å². The highest BCUT2D eigenvalue weighted by Gasteiger charge is 2.35. The summed E-state index contributed by atoms with van der Waals surface area (Å²) < 4.78 is 41.7. The SMILES string of the molecule is C#C.CCCN1C(=O)S/C(=C\c2ccc3c(cnn3Cc3ccc(Cl)cc3C(F)(F)F)c2)C1=O. The Hall–Kier alpha value is -3.22. The van der Waals surface area contributed by atoms with Gasteiger partial charge >= 0.3 is 6.18 Å². The summed E-state index contributed by atoms with van der Waals surface area (Å²) in [5.74, 6) is -0.319. The van der Waals surface area contributed by atoms with Crippen LogP contribution < -0.4 is 0 Å². The summed E-state index contributed by atoms with van der Waals surface area (Å²) in [7, 11) is 0. The molecule has 5 nitrogen and oxygen atoms in total. The van der Waals surface area contributed by atoms with Crippen LogP contribution in [0.3, 0.4) is 0 Å². The molecular formula is C24H19ClF3N3O2S. The molecule has 1 aromatic heterocycles. The fraction of sp³-hybridized carbons (Fsp3) is 0.208. The van der Waals surface area contributed by atoms with Crippen LogP contribution in [-0.2, 0) is 17.5 Å². The van der Waals surface area contributed by atoms with Crippen molar-refractivity contribution in [1.29, 1.82) is 0 Å². The predicted molar refractivity (Wildman–Crippen MR) is 128 cm³/mol.